The Kier molecular flexibility index (Phi) is 13.4. The van der Waals surface area contributed by atoms with Crippen molar-refractivity contribution in [3.05, 3.63) is 18.5 Å². The number of hydrogen-bond acceptors (Lipinski definition) is 1. The molecule has 0 atom stereocenters. The van der Waals surface area contributed by atoms with E-state index >= 15 is 0 Å². The minimum atomic E-state index is -0.527. The van der Waals surface area contributed by atoms with Gasteiger partial charge in [-0.3, -0.25) is 5.10 Å². The third-order valence-corrected chi connectivity index (χ3v) is 9.17. The van der Waals surface area contributed by atoms with Gasteiger partial charge in [-0.05, 0) is 32.3 Å². The molecule has 0 bridgehead atoms. The van der Waals surface area contributed by atoms with Crippen molar-refractivity contribution in [1.29, 1.82) is 0 Å². The van der Waals surface area contributed by atoms with E-state index in [9.17, 15) is 0 Å². The van der Waals surface area contributed by atoms with Gasteiger partial charge in [0, 0.05) is 19.7 Å². The zero-order chi connectivity index (χ0) is 15.1. The average Bonchev–Trinajstić information content (AvgIpc) is 3.07. The number of H-pyrrole nitrogens is 1. The van der Waals surface area contributed by atoms with Gasteiger partial charge in [0.25, 0.3) is 0 Å². The molecular formula is C17H36N2P+. The first-order valence-electron chi connectivity index (χ1n) is 8.53. The van der Waals surface area contributed by atoms with Gasteiger partial charge in [0.05, 0.1) is 24.6 Å². The molecule has 0 unspecified atom stereocenters. The van der Waals surface area contributed by atoms with E-state index < -0.39 is 7.26 Å². The summed E-state index contributed by atoms with van der Waals surface area (Å²) in [6, 6.07) is 1.83. The smallest absolute Gasteiger partial charge is 0.0594 e. The van der Waals surface area contributed by atoms with Crippen LogP contribution in [0.4, 0.5) is 0 Å². The van der Waals surface area contributed by atoms with Crippen LogP contribution in [0.2, 0.25) is 0 Å². The molecule has 1 aromatic rings. The minimum absolute atomic E-state index is 0.527. The molecule has 0 aliphatic rings. The first-order chi connectivity index (χ1) is 9.74. The van der Waals surface area contributed by atoms with E-state index in [0.29, 0.717) is 0 Å². The van der Waals surface area contributed by atoms with Crippen LogP contribution < -0.4 is 0 Å². The number of rotatable bonds is 10. The summed E-state index contributed by atoms with van der Waals surface area (Å²) >= 11 is 0. The summed E-state index contributed by atoms with van der Waals surface area (Å²) in [5.41, 5.74) is 0. The quantitative estimate of drug-likeness (QED) is 0.541. The van der Waals surface area contributed by atoms with Crippen LogP contribution in [0.5, 0.6) is 0 Å². The first-order valence-corrected chi connectivity index (χ1v) is 11.1. The summed E-state index contributed by atoms with van der Waals surface area (Å²) in [6.45, 7) is 9.46. The lowest BCUT2D eigenvalue weighted by Gasteiger charge is -2.26. The Balaban J connectivity index is 0.000000595. The van der Waals surface area contributed by atoms with Crippen LogP contribution in [-0.4, -0.2) is 34.8 Å². The zero-order valence-electron chi connectivity index (χ0n) is 14.2. The summed E-state index contributed by atoms with van der Waals surface area (Å²) < 4.78 is 0. The number of nitrogens with one attached hydrogen (secondary N) is 1. The summed E-state index contributed by atoms with van der Waals surface area (Å²) in [5.74, 6) is 0. The van der Waals surface area contributed by atoms with Crippen molar-refractivity contribution >= 4 is 7.26 Å². The molecule has 2 nitrogen and oxygen atoms in total. The lowest BCUT2D eigenvalue weighted by atomic mass is 10.4. The molecule has 0 saturated heterocycles. The van der Waals surface area contributed by atoms with Gasteiger partial charge in [0.1, 0.15) is 0 Å². The fourth-order valence-corrected chi connectivity index (χ4v) is 7.09. The second kappa shape index (κ2) is 13.6. The van der Waals surface area contributed by atoms with Crippen molar-refractivity contribution in [1.82, 2.24) is 10.2 Å². The standard InChI is InChI=1S/C14H32P.C3H4N2/c1-5-9-12-15(8-4,13-10-6-2)14-11-7-3;1-2-4-5-3-1/h5-14H2,1-4H3;1-3H,(H,4,5)/q+1;. The van der Waals surface area contributed by atoms with E-state index in [1.165, 1.54) is 44.7 Å². The van der Waals surface area contributed by atoms with Gasteiger partial charge >= 0.3 is 0 Å². The predicted molar refractivity (Wildman–Crippen MR) is 95.4 cm³/mol. The van der Waals surface area contributed by atoms with Crippen molar-refractivity contribution in [3.8, 4) is 0 Å². The van der Waals surface area contributed by atoms with Gasteiger partial charge in [0.2, 0.25) is 0 Å². The van der Waals surface area contributed by atoms with Crippen LogP contribution in [0.3, 0.4) is 0 Å². The molecule has 0 fully saturated rings. The summed E-state index contributed by atoms with van der Waals surface area (Å²) in [5, 5.41) is 6.21. The molecule has 0 spiro atoms. The van der Waals surface area contributed by atoms with Crippen molar-refractivity contribution < 1.29 is 0 Å². The van der Waals surface area contributed by atoms with Crippen LogP contribution in [0.1, 0.15) is 66.2 Å². The normalized spacial score (nSPS) is 11.0. The maximum atomic E-state index is 3.60. The van der Waals surface area contributed by atoms with Gasteiger partial charge in [-0.1, -0.05) is 40.0 Å². The third kappa shape index (κ3) is 9.53. The van der Waals surface area contributed by atoms with Gasteiger partial charge in [-0.2, -0.15) is 5.10 Å². The highest BCUT2D eigenvalue weighted by atomic mass is 31.2. The highest BCUT2D eigenvalue weighted by molar-refractivity contribution is 7.75. The molecule has 1 N–H and O–H groups in total. The molecule has 1 heterocycles. The van der Waals surface area contributed by atoms with E-state index in [2.05, 4.69) is 37.9 Å². The molecule has 118 valence electrons. The van der Waals surface area contributed by atoms with Crippen LogP contribution in [0, 0.1) is 0 Å². The Bertz CT molecular complexity index is 234. The lowest BCUT2D eigenvalue weighted by Crippen LogP contribution is -2.11. The second-order valence-corrected chi connectivity index (χ2v) is 10.3. The predicted octanol–water partition coefficient (Wildman–Crippen LogP) is 5.83. The number of unbranched alkanes of at least 4 members (excludes halogenated alkanes) is 3. The highest BCUT2D eigenvalue weighted by Crippen LogP contribution is 2.60. The molecule has 0 amide bonds. The van der Waals surface area contributed by atoms with E-state index in [1.807, 2.05) is 6.07 Å². The topological polar surface area (TPSA) is 28.7 Å². The fraction of sp³-hybridized carbons (Fsp3) is 0.824. The number of nitrogens with zero attached hydrogens (tertiary/aromatic N) is 1. The fourth-order valence-electron chi connectivity index (χ4n) is 2.51. The first kappa shape index (κ1) is 19.6. The van der Waals surface area contributed by atoms with Crippen LogP contribution >= 0.6 is 7.26 Å². The van der Waals surface area contributed by atoms with E-state index in [1.54, 1.807) is 30.9 Å². The molecule has 0 saturated carbocycles. The summed E-state index contributed by atoms with van der Waals surface area (Å²) in [4.78, 5) is 0. The average molecular weight is 299 g/mol. The number of hydrogen-bond donors (Lipinski definition) is 1. The Labute approximate surface area is 127 Å². The SMILES string of the molecule is CCCC[P+](CC)(CCCC)CCCC.c1cn[nH]c1. The summed E-state index contributed by atoms with van der Waals surface area (Å²) in [7, 11) is -0.527. The van der Waals surface area contributed by atoms with Crippen molar-refractivity contribution in [2.75, 3.05) is 24.6 Å². The Morgan fingerprint density at radius 1 is 0.850 bits per heavy atom. The molecule has 3 heteroatoms. The van der Waals surface area contributed by atoms with E-state index in [0.717, 1.165) is 0 Å². The molecule has 20 heavy (non-hydrogen) atoms. The van der Waals surface area contributed by atoms with Crippen molar-refractivity contribution in [2.24, 2.45) is 0 Å². The molecule has 0 aliphatic carbocycles. The lowest BCUT2D eigenvalue weighted by molar-refractivity contribution is 0.834. The van der Waals surface area contributed by atoms with Crippen LogP contribution in [0.25, 0.3) is 0 Å². The van der Waals surface area contributed by atoms with Crippen LogP contribution in [0.15, 0.2) is 18.5 Å². The van der Waals surface area contributed by atoms with Gasteiger partial charge in [0.15, 0.2) is 0 Å². The minimum Gasteiger partial charge on any atom is -0.286 e. The Morgan fingerprint density at radius 2 is 1.35 bits per heavy atom. The van der Waals surface area contributed by atoms with E-state index in [4.69, 9.17) is 0 Å². The maximum absolute atomic E-state index is 3.60. The van der Waals surface area contributed by atoms with Gasteiger partial charge < -0.3 is 0 Å². The maximum Gasteiger partial charge on any atom is 0.0594 e. The number of aromatic nitrogens is 2. The zero-order valence-corrected chi connectivity index (χ0v) is 15.1. The molecular weight excluding hydrogens is 263 g/mol. The molecule has 0 radical (unpaired) electrons. The van der Waals surface area contributed by atoms with Crippen LogP contribution in [-0.2, 0) is 0 Å². The number of aromatic amines is 1. The monoisotopic (exact) mass is 299 g/mol. The molecule has 0 aromatic carbocycles. The van der Waals surface area contributed by atoms with Crippen molar-refractivity contribution in [2.45, 2.75) is 66.2 Å². The Hall–Kier alpha value is -0.360. The van der Waals surface area contributed by atoms with Gasteiger partial charge in [-0.25, -0.2) is 0 Å². The highest BCUT2D eigenvalue weighted by Gasteiger charge is 2.32. The Morgan fingerprint density at radius 3 is 1.55 bits per heavy atom. The second-order valence-electron chi connectivity index (χ2n) is 5.66. The van der Waals surface area contributed by atoms with E-state index in [-0.39, 0.29) is 0 Å². The van der Waals surface area contributed by atoms with Gasteiger partial charge in [-0.15, -0.1) is 0 Å². The molecule has 1 rings (SSSR count). The third-order valence-electron chi connectivity index (χ3n) is 4.03. The molecule has 1 aromatic heterocycles. The molecule has 0 aliphatic heterocycles. The van der Waals surface area contributed by atoms with Crippen molar-refractivity contribution in [3.63, 3.8) is 0 Å². The largest absolute Gasteiger partial charge is 0.286 e. The summed E-state index contributed by atoms with van der Waals surface area (Å²) in [6.07, 6.45) is 18.3.